The number of aliphatic hydroxyl groups is 1. The normalized spacial score (nSPS) is 13.2. The van der Waals surface area contributed by atoms with Crippen LogP contribution in [0.4, 0.5) is 5.69 Å². The predicted octanol–water partition coefficient (Wildman–Crippen LogP) is 2.61. The van der Waals surface area contributed by atoms with Crippen LogP contribution in [0, 0.1) is 12.3 Å². The number of ether oxygens (including phenoxy) is 1. The summed E-state index contributed by atoms with van der Waals surface area (Å²) < 4.78 is 5.30. The Kier molecular flexibility index (Phi) is 4.96. The molecule has 0 bridgehead atoms. The molecular weight excluding hydrogens is 228 g/mol. The molecule has 1 heterocycles. The maximum Gasteiger partial charge on any atom is 0.160 e. The average molecular weight is 252 g/mol. The van der Waals surface area contributed by atoms with Crippen LogP contribution < -0.4 is 10.1 Å². The SMILES string of the molecule is COc1cnc(C)cc1NC(CCO)C(C)(C)C. The Morgan fingerprint density at radius 2 is 2.11 bits per heavy atom. The number of nitrogens with zero attached hydrogens (tertiary/aromatic N) is 1. The first-order chi connectivity index (χ1) is 8.38. The van der Waals surface area contributed by atoms with Crippen molar-refractivity contribution in [3.63, 3.8) is 0 Å². The molecule has 0 fully saturated rings. The topological polar surface area (TPSA) is 54.4 Å². The van der Waals surface area contributed by atoms with Gasteiger partial charge in [0.1, 0.15) is 0 Å². The van der Waals surface area contributed by atoms with Gasteiger partial charge < -0.3 is 15.2 Å². The molecule has 2 N–H and O–H groups in total. The molecule has 102 valence electrons. The first kappa shape index (κ1) is 14.8. The molecule has 18 heavy (non-hydrogen) atoms. The van der Waals surface area contributed by atoms with Crippen molar-refractivity contribution in [2.45, 2.75) is 40.2 Å². The molecule has 1 unspecified atom stereocenters. The van der Waals surface area contributed by atoms with Gasteiger partial charge in [-0.25, -0.2) is 0 Å². The van der Waals surface area contributed by atoms with Crippen LogP contribution in [0.2, 0.25) is 0 Å². The van der Waals surface area contributed by atoms with Gasteiger partial charge in [-0.05, 0) is 24.8 Å². The lowest BCUT2D eigenvalue weighted by atomic mass is 9.84. The van der Waals surface area contributed by atoms with E-state index in [1.807, 2.05) is 13.0 Å². The number of aromatic nitrogens is 1. The van der Waals surface area contributed by atoms with E-state index < -0.39 is 0 Å². The van der Waals surface area contributed by atoms with Crippen LogP contribution in [-0.4, -0.2) is 29.8 Å². The van der Waals surface area contributed by atoms with Crippen LogP contribution in [-0.2, 0) is 0 Å². The van der Waals surface area contributed by atoms with Crippen molar-refractivity contribution in [2.75, 3.05) is 19.0 Å². The summed E-state index contributed by atoms with van der Waals surface area (Å²) in [6.07, 6.45) is 2.42. The smallest absolute Gasteiger partial charge is 0.160 e. The number of pyridine rings is 1. The Hall–Kier alpha value is -1.29. The van der Waals surface area contributed by atoms with Gasteiger partial charge >= 0.3 is 0 Å². The Bertz CT molecular complexity index is 386. The summed E-state index contributed by atoms with van der Waals surface area (Å²) in [5.74, 6) is 0.729. The van der Waals surface area contributed by atoms with Crippen molar-refractivity contribution >= 4 is 5.69 Å². The summed E-state index contributed by atoms with van der Waals surface area (Å²) in [6.45, 7) is 8.58. The van der Waals surface area contributed by atoms with Crippen molar-refractivity contribution in [1.29, 1.82) is 0 Å². The zero-order valence-corrected chi connectivity index (χ0v) is 11.9. The van der Waals surface area contributed by atoms with Gasteiger partial charge in [0.25, 0.3) is 0 Å². The van der Waals surface area contributed by atoms with E-state index in [-0.39, 0.29) is 18.1 Å². The summed E-state index contributed by atoms with van der Waals surface area (Å²) in [7, 11) is 1.63. The Balaban J connectivity index is 2.96. The lowest BCUT2D eigenvalue weighted by molar-refractivity contribution is 0.235. The molecule has 1 aromatic rings. The molecule has 0 saturated heterocycles. The minimum absolute atomic E-state index is 0.0604. The summed E-state index contributed by atoms with van der Waals surface area (Å²) in [5, 5.41) is 12.6. The first-order valence-electron chi connectivity index (χ1n) is 6.26. The maximum absolute atomic E-state index is 9.18. The van der Waals surface area contributed by atoms with E-state index >= 15 is 0 Å². The van der Waals surface area contributed by atoms with Gasteiger partial charge in [-0.2, -0.15) is 0 Å². The molecule has 0 radical (unpaired) electrons. The van der Waals surface area contributed by atoms with Crippen LogP contribution in [0.5, 0.6) is 5.75 Å². The zero-order valence-electron chi connectivity index (χ0n) is 11.9. The Labute approximate surface area is 109 Å². The summed E-state index contributed by atoms with van der Waals surface area (Å²) in [4.78, 5) is 4.21. The quantitative estimate of drug-likeness (QED) is 0.845. The van der Waals surface area contributed by atoms with Crippen LogP contribution >= 0.6 is 0 Å². The third-order valence-corrected chi connectivity index (χ3v) is 3.02. The van der Waals surface area contributed by atoms with Gasteiger partial charge in [0, 0.05) is 18.3 Å². The molecule has 4 heteroatoms. The average Bonchev–Trinajstić information content (AvgIpc) is 2.27. The number of hydrogen-bond donors (Lipinski definition) is 2. The first-order valence-corrected chi connectivity index (χ1v) is 6.26. The van der Waals surface area contributed by atoms with E-state index in [2.05, 4.69) is 31.1 Å². The summed E-state index contributed by atoms with van der Waals surface area (Å²) in [6, 6.07) is 2.15. The van der Waals surface area contributed by atoms with Crippen molar-refractivity contribution in [3.05, 3.63) is 18.0 Å². The van der Waals surface area contributed by atoms with Gasteiger partial charge in [0.15, 0.2) is 5.75 Å². The number of aliphatic hydroxyl groups excluding tert-OH is 1. The molecule has 0 aliphatic carbocycles. The number of methoxy groups -OCH3 is 1. The van der Waals surface area contributed by atoms with E-state index in [0.29, 0.717) is 6.42 Å². The molecule has 1 atom stereocenters. The number of aryl methyl sites for hydroxylation is 1. The van der Waals surface area contributed by atoms with Gasteiger partial charge in [-0.3, -0.25) is 4.98 Å². The highest BCUT2D eigenvalue weighted by molar-refractivity contribution is 5.56. The largest absolute Gasteiger partial charge is 0.493 e. The molecular formula is C14H24N2O2. The third kappa shape index (κ3) is 3.88. The van der Waals surface area contributed by atoms with Crippen molar-refractivity contribution in [1.82, 2.24) is 4.98 Å². The van der Waals surface area contributed by atoms with Crippen LogP contribution in [0.15, 0.2) is 12.3 Å². The van der Waals surface area contributed by atoms with Gasteiger partial charge in [-0.1, -0.05) is 20.8 Å². The fourth-order valence-electron chi connectivity index (χ4n) is 1.86. The summed E-state index contributed by atoms with van der Waals surface area (Å²) in [5.41, 5.74) is 1.93. The van der Waals surface area contributed by atoms with Gasteiger partial charge in [0.2, 0.25) is 0 Å². The van der Waals surface area contributed by atoms with E-state index in [1.54, 1.807) is 13.3 Å². The number of anilines is 1. The minimum Gasteiger partial charge on any atom is -0.493 e. The van der Waals surface area contributed by atoms with Crippen LogP contribution in [0.25, 0.3) is 0 Å². The van der Waals surface area contributed by atoms with Gasteiger partial charge in [-0.15, -0.1) is 0 Å². The minimum atomic E-state index is 0.0604. The zero-order chi connectivity index (χ0) is 13.8. The van der Waals surface area contributed by atoms with E-state index in [4.69, 9.17) is 4.74 Å². The van der Waals surface area contributed by atoms with Crippen LogP contribution in [0.3, 0.4) is 0 Å². The molecule has 0 saturated carbocycles. The molecule has 0 amide bonds. The third-order valence-electron chi connectivity index (χ3n) is 3.02. The molecule has 4 nitrogen and oxygen atoms in total. The lowest BCUT2D eigenvalue weighted by Gasteiger charge is -2.32. The molecule has 1 aromatic heterocycles. The van der Waals surface area contributed by atoms with E-state index in [1.165, 1.54) is 0 Å². The molecule has 0 aliphatic rings. The molecule has 1 rings (SSSR count). The second-order valence-corrected chi connectivity index (χ2v) is 5.60. The Morgan fingerprint density at radius 3 is 2.61 bits per heavy atom. The number of nitrogens with one attached hydrogen (secondary N) is 1. The second-order valence-electron chi connectivity index (χ2n) is 5.60. The molecule has 0 aliphatic heterocycles. The van der Waals surface area contributed by atoms with E-state index in [9.17, 15) is 5.11 Å². The maximum atomic E-state index is 9.18. The highest BCUT2D eigenvalue weighted by Gasteiger charge is 2.24. The standard InChI is InChI=1S/C14H24N2O2/c1-10-8-11(12(18-5)9-15-10)16-13(6-7-17)14(2,3)4/h8-9,13,17H,6-7H2,1-5H3,(H,15,16). The fraction of sp³-hybridized carbons (Fsp3) is 0.643. The highest BCUT2D eigenvalue weighted by atomic mass is 16.5. The lowest BCUT2D eigenvalue weighted by Crippen LogP contribution is -2.35. The Morgan fingerprint density at radius 1 is 1.44 bits per heavy atom. The monoisotopic (exact) mass is 252 g/mol. The second kappa shape index (κ2) is 6.05. The van der Waals surface area contributed by atoms with E-state index in [0.717, 1.165) is 17.1 Å². The number of rotatable bonds is 5. The predicted molar refractivity (Wildman–Crippen MR) is 74.1 cm³/mol. The summed E-state index contributed by atoms with van der Waals surface area (Å²) >= 11 is 0. The van der Waals surface area contributed by atoms with Crippen molar-refractivity contribution < 1.29 is 9.84 Å². The van der Waals surface area contributed by atoms with Gasteiger partial charge in [0.05, 0.1) is 19.0 Å². The van der Waals surface area contributed by atoms with Crippen molar-refractivity contribution in [2.24, 2.45) is 5.41 Å². The van der Waals surface area contributed by atoms with Crippen LogP contribution in [0.1, 0.15) is 32.9 Å². The van der Waals surface area contributed by atoms with Crippen molar-refractivity contribution in [3.8, 4) is 5.75 Å². The highest BCUT2D eigenvalue weighted by Crippen LogP contribution is 2.30. The molecule has 0 spiro atoms. The number of hydrogen-bond acceptors (Lipinski definition) is 4. The molecule has 0 aromatic carbocycles. The fourth-order valence-corrected chi connectivity index (χ4v) is 1.86.